The van der Waals surface area contributed by atoms with Crippen LogP contribution in [0.5, 0.6) is 0 Å². The number of nitrogens with zero attached hydrogens (tertiary/aromatic N) is 1. The fourth-order valence-corrected chi connectivity index (χ4v) is 1.06. The molecule has 0 radical (unpaired) electrons. The summed E-state index contributed by atoms with van der Waals surface area (Å²) in [5.74, 6) is 0. The van der Waals surface area contributed by atoms with Crippen LogP contribution in [0.2, 0.25) is 0 Å². The quantitative estimate of drug-likeness (QED) is 0.647. The molecule has 0 atom stereocenters. The van der Waals surface area contributed by atoms with E-state index in [1.54, 1.807) is 24.4 Å². The van der Waals surface area contributed by atoms with E-state index < -0.39 is 6.85 Å². The predicted molar refractivity (Wildman–Crippen MR) is 54.4 cm³/mol. The third kappa shape index (κ3) is 1.75. The van der Waals surface area contributed by atoms with Crippen LogP contribution < -0.4 is 0 Å². The Kier molecular flexibility index (Phi) is 1.06. The van der Waals surface area contributed by atoms with Gasteiger partial charge in [-0.2, -0.15) is 0 Å². The molecule has 0 aliphatic rings. The molecule has 0 fully saturated rings. The lowest BCUT2D eigenvalue weighted by molar-refractivity contribution is 1.32. The van der Waals surface area contributed by atoms with E-state index in [9.17, 15) is 0 Å². The average Bonchev–Trinajstić information content (AvgIpc) is 2.27. The molecule has 0 unspecified atom stereocenters. The van der Waals surface area contributed by atoms with Crippen molar-refractivity contribution in [2.45, 2.75) is 6.85 Å². The van der Waals surface area contributed by atoms with Gasteiger partial charge in [0.15, 0.2) is 0 Å². The first-order valence-corrected chi connectivity index (χ1v) is 3.93. The van der Waals surface area contributed by atoms with Crippen molar-refractivity contribution in [2.24, 2.45) is 0 Å². The monoisotopic (exact) mass is 174 g/mol. The van der Waals surface area contributed by atoms with E-state index in [4.69, 9.17) is 6.85 Å². The lowest BCUT2D eigenvalue weighted by atomic mass is 10.1. The van der Waals surface area contributed by atoms with Crippen molar-refractivity contribution in [3.63, 3.8) is 0 Å². The molecule has 0 bridgehead atoms. The average molecular weight is 174 g/mol. The van der Waals surface area contributed by atoms with Crippen molar-refractivity contribution in [2.75, 3.05) is 0 Å². The van der Waals surface area contributed by atoms with E-state index in [0.29, 0.717) is 11.3 Å². The first-order chi connectivity index (χ1) is 8.39. The first-order valence-electron chi connectivity index (χ1n) is 6.43. The van der Waals surface area contributed by atoms with Gasteiger partial charge in [0.2, 0.25) is 0 Å². The Hall–Kier alpha value is -1.63. The van der Waals surface area contributed by atoms with Gasteiger partial charge in [-0.1, -0.05) is 35.8 Å². The molecule has 1 heteroatoms. The van der Waals surface area contributed by atoms with Crippen molar-refractivity contribution in [1.29, 1.82) is 0 Å². The fourth-order valence-electron chi connectivity index (χ4n) is 1.06. The van der Waals surface area contributed by atoms with E-state index in [-0.39, 0.29) is 17.6 Å². The molecule has 2 aromatic rings. The molecule has 0 saturated carbocycles. The molecular formula is C12H11N. The van der Waals surface area contributed by atoms with Crippen LogP contribution in [-0.4, -0.2) is 4.98 Å². The molecule has 0 aliphatic heterocycles. The minimum atomic E-state index is -2.43. The summed E-state index contributed by atoms with van der Waals surface area (Å²) in [7, 11) is 0. The lowest BCUT2D eigenvalue weighted by Crippen LogP contribution is -1.81. The number of benzene rings is 1. The van der Waals surface area contributed by atoms with Gasteiger partial charge in [-0.05, 0) is 19.0 Å². The van der Waals surface area contributed by atoms with Gasteiger partial charge in [-0.3, -0.25) is 4.98 Å². The molecule has 64 valence electrons. The Morgan fingerprint density at radius 1 is 1.23 bits per heavy atom. The van der Waals surface area contributed by atoms with Crippen molar-refractivity contribution in [3.8, 4) is 11.3 Å². The molecular weight excluding hydrogens is 158 g/mol. The molecule has 1 nitrogen and oxygen atoms in total. The van der Waals surface area contributed by atoms with Crippen molar-refractivity contribution in [1.82, 2.24) is 4.98 Å². The second-order valence-corrected chi connectivity index (χ2v) is 2.62. The lowest BCUT2D eigenvalue weighted by Gasteiger charge is -1.99. The highest BCUT2D eigenvalue weighted by molar-refractivity contribution is 5.58. The van der Waals surface area contributed by atoms with Gasteiger partial charge in [-0.15, -0.1) is 0 Å². The molecule has 0 spiro atoms. The highest BCUT2D eigenvalue weighted by atomic mass is 14.7. The number of hydrogen-bond acceptors (Lipinski definition) is 1. The summed E-state index contributed by atoms with van der Waals surface area (Å²) in [6.07, 6.45) is 1.61. The maximum atomic E-state index is 7.75. The topological polar surface area (TPSA) is 12.9 Å². The second kappa shape index (κ2) is 3.40. The van der Waals surface area contributed by atoms with E-state index >= 15 is 0 Å². The normalized spacial score (nSPS) is 16.5. The van der Waals surface area contributed by atoms with Crippen LogP contribution in [0.1, 0.15) is 12.4 Å². The van der Waals surface area contributed by atoms with E-state index in [0.717, 1.165) is 0 Å². The minimum Gasteiger partial charge on any atom is -0.256 e. The van der Waals surface area contributed by atoms with E-state index in [1.165, 1.54) is 12.1 Å². The number of rotatable bonds is 1. The molecule has 1 heterocycles. The van der Waals surface area contributed by atoms with Gasteiger partial charge in [0, 0.05) is 15.9 Å². The molecule has 0 aliphatic carbocycles. The Labute approximate surface area is 85.1 Å². The predicted octanol–water partition coefficient (Wildman–Crippen LogP) is 3.06. The molecule has 0 N–H and O–H groups in total. The van der Waals surface area contributed by atoms with Crippen LogP contribution in [0.15, 0.2) is 48.6 Å². The molecule has 13 heavy (non-hydrogen) atoms. The van der Waals surface area contributed by atoms with E-state index in [1.807, 2.05) is 0 Å². The van der Waals surface area contributed by atoms with Gasteiger partial charge in [0.05, 0.1) is 8.44 Å². The maximum Gasteiger partial charge on any atom is 0.0701 e. The zero-order valence-electron chi connectivity index (χ0n) is 11.9. The van der Waals surface area contributed by atoms with Crippen LogP contribution in [0.25, 0.3) is 11.3 Å². The second-order valence-electron chi connectivity index (χ2n) is 2.62. The van der Waals surface area contributed by atoms with Crippen LogP contribution in [0.3, 0.4) is 0 Å². The summed E-state index contributed by atoms with van der Waals surface area (Å²) in [6, 6.07) is 7.88. The summed E-state index contributed by atoms with van der Waals surface area (Å²) < 4.78 is 37.4. The Morgan fingerprint density at radius 3 is 2.69 bits per heavy atom. The zero-order chi connectivity index (χ0) is 13.3. The molecule has 0 amide bonds. The van der Waals surface area contributed by atoms with Gasteiger partial charge in [-0.25, -0.2) is 0 Å². The maximum absolute atomic E-state index is 7.75. The molecule has 1 aromatic heterocycles. The molecule has 2 rings (SSSR count). The van der Waals surface area contributed by atoms with Gasteiger partial charge in [0.25, 0.3) is 0 Å². The number of pyridine rings is 1. The first kappa shape index (κ1) is 4.05. The summed E-state index contributed by atoms with van der Waals surface area (Å²) in [6.45, 7) is -2.43. The Balaban J connectivity index is 2.57. The van der Waals surface area contributed by atoms with E-state index in [2.05, 4.69) is 4.98 Å². The third-order valence-electron chi connectivity index (χ3n) is 1.70. The van der Waals surface area contributed by atoms with Crippen molar-refractivity contribution < 1.29 is 6.85 Å². The van der Waals surface area contributed by atoms with Gasteiger partial charge < -0.3 is 0 Å². The third-order valence-corrected chi connectivity index (χ3v) is 1.70. The van der Waals surface area contributed by atoms with Crippen LogP contribution in [-0.2, 0) is 0 Å². The summed E-state index contributed by atoms with van der Waals surface area (Å²) in [5, 5.41) is 0. The standard InChI is InChI=1S/C12H11N/c1-10-5-7-11(8-6-10)12-4-2-3-9-13-12/h2-9H,1H3/i1D3,5D,6D. The molecule has 1 aromatic carbocycles. The zero-order valence-corrected chi connectivity index (χ0v) is 6.91. The minimum absolute atomic E-state index is 0.150. The van der Waals surface area contributed by atoms with Gasteiger partial charge in [0.1, 0.15) is 0 Å². The van der Waals surface area contributed by atoms with Crippen LogP contribution >= 0.6 is 0 Å². The number of hydrogen-bond donors (Lipinski definition) is 0. The largest absolute Gasteiger partial charge is 0.256 e. The summed E-state index contributed by atoms with van der Waals surface area (Å²) >= 11 is 0. The van der Waals surface area contributed by atoms with Crippen LogP contribution in [0, 0.1) is 6.85 Å². The van der Waals surface area contributed by atoms with Crippen molar-refractivity contribution >= 4 is 0 Å². The highest BCUT2D eigenvalue weighted by Gasteiger charge is 1.95. The Morgan fingerprint density at radius 2 is 2.08 bits per heavy atom. The van der Waals surface area contributed by atoms with Crippen LogP contribution in [0.4, 0.5) is 0 Å². The fraction of sp³-hybridized carbons (Fsp3) is 0.0833. The highest BCUT2D eigenvalue weighted by Crippen LogP contribution is 2.15. The van der Waals surface area contributed by atoms with Crippen molar-refractivity contribution in [3.05, 3.63) is 54.2 Å². The number of aromatic nitrogens is 1. The molecule has 0 saturated heterocycles. The SMILES string of the molecule is [2H]c1cc(-c2ccccn2)cc([2H])c1C([2H])([2H])[2H]. The van der Waals surface area contributed by atoms with Gasteiger partial charge >= 0.3 is 0 Å². The summed E-state index contributed by atoms with van der Waals surface area (Å²) in [5.41, 5.74) is 0.984. The summed E-state index contributed by atoms with van der Waals surface area (Å²) in [4.78, 5) is 4.12. The smallest absolute Gasteiger partial charge is 0.0701 e. The Bertz CT molecular complexity index is 539.